The van der Waals surface area contributed by atoms with Crippen LogP contribution in [0, 0.1) is 28.6 Å². The van der Waals surface area contributed by atoms with E-state index in [0.717, 1.165) is 12.0 Å². The van der Waals surface area contributed by atoms with Gasteiger partial charge in [-0.3, -0.25) is 14.4 Å². The van der Waals surface area contributed by atoms with Crippen molar-refractivity contribution in [1.29, 1.82) is 0 Å². The van der Waals surface area contributed by atoms with Crippen molar-refractivity contribution in [3.05, 3.63) is 23.8 Å². The first-order valence-corrected chi connectivity index (χ1v) is 9.64. The first-order chi connectivity index (χ1) is 12.5. The lowest BCUT2D eigenvalue weighted by Gasteiger charge is -2.56. The maximum atomic E-state index is 13.3. The number of Topliss-reactive ketones (excluding diaryl/α,β-unsaturated/α-hetero) is 2. The van der Waals surface area contributed by atoms with Crippen LogP contribution in [0.5, 0.6) is 0 Å². The molecule has 3 fully saturated rings. The maximum absolute atomic E-state index is 13.3. The van der Waals surface area contributed by atoms with Gasteiger partial charge in [0.1, 0.15) is 11.4 Å². The zero-order valence-corrected chi connectivity index (χ0v) is 15.6. The monoisotopic (exact) mass is 374 g/mol. The van der Waals surface area contributed by atoms with E-state index in [2.05, 4.69) is 0 Å². The molecule has 4 aliphatic carbocycles. The highest BCUT2D eigenvalue weighted by Crippen LogP contribution is 2.66. The second-order valence-corrected chi connectivity index (χ2v) is 9.17. The molecule has 0 aromatic rings. The van der Waals surface area contributed by atoms with Crippen LogP contribution in [-0.2, 0) is 14.4 Å². The van der Waals surface area contributed by atoms with Crippen molar-refractivity contribution in [2.75, 3.05) is 0 Å². The first-order valence-electron chi connectivity index (χ1n) is 9.64. The summed E-state index contributed by atoms with van der Waals surface area (Å²) in [6, 6.07) is 0. The Morgan fingerprint density at radius 2 is 1.93 bits per heavy atom. The minimum atomic E-state index is -2.25. The molecule has 0 amide bonds. The molecule has 6 nitrogen and oxygen atoms in total. The van der Waals surface area contributed by atoms with E-state index in [1.807, 2.05) is 13.0 Å². The summed E-state index contributed by atoms with van der Waals surface area (Å²) in [7, 11) is 0. The van der Waals surface area contributed by atoms with Crippen molar-refractivity contribution in [2.24, 2.45) is 28.6 Å². The number of hydrogen-bond donors (Lipinski definition) is 3. The lowest BCUT2D eigenvalue weighted by molar-refractivity contribution is -0.185. The molecule has 0 heterocycles. The van der Waals surface area contributed by atoms with E-state index in [4.69, 9.17) is 0 Å². The summed E-state index contributed by atoms with van der Waals surface area (Å²) in [4.78, 5) is 37.5. The summed E-state index contributed by atoms with van der Waals surface area (Å²) in [6.07, 6.45) is 4.95. The molecule has 3 saturated carbocycles. The predicted octanol–water partition coefficient (Wildman–Crippen LogP) is 1.08. The number of rotatable bonds is 2. The molecule has 6 atom stereocenters. The minimum Gasteiger partial charge on any atom is -0.381 e. The van der Waals surface area contributed by atoms with E-state index < -0.39 is 28.5 Å². The number of aliphatic hydroxyl groups is 3. The van der Waals surface area contributed by atoms with Gasteiger partial charge in [-0.2, -0.15) is 0 Å². The van der Waals surface area contributed by atoms with Crippen molar-refractivity contribution >= 4 is 17.3 Å². The molecule has 0 saturated heterocycles. The number of carbonyl (C=O) groups is 3. The van der Waals surface area contributed by atoms with E-state index in [0.29, 0.717) is 12.8 Å². The van der Waals surface area contributed by atoms with Crippen LogP contribution in [0.4, 0.5) is 0 Å². The van der Waals surface area contributed by atoms with Gasteiger partial charge in [0.2, 0.25) is 12.1 Å². The second kappa shape index (κ2) is 5.69. The fraction of sp³-hybridized carbons (Fsp3) is 0.667. The molecule has 0 spiro atoms. The van der Waals surface area contributed by atoms with Crippen LogP contribution in [0.3, 0.4) is 0 Å². The Morgan fingerprint density at radius 1 is 1.22 bits per heavy atom. The van der Waals surface area contributed by atoms with E-state index >= 15 is 0 Å². The largest absolute Gasteiger partial charge is 0.381 e. The minimum absolute atomic E-state index is 0.00564. The Kier molecular flexibility index (Phi) is 3.94. The maximum Gasteiger partial charge on any atom is 0.220 e. The van der Waals surface area contributed by atoms with Crippen LogP contribution in [-0.4, -0.2) is 44.6 Å². The summed E-state index contributed by atoms with van der Waals surface area (Å²) < 4.78 is 0. The standard InChI is InChI=1S/C21H26O6/c1-19-7-5-12(22)9-11(19)3-4-13-14-6-8-21(27,17(24)18(25)26)20(14,2)10-15(23)16(13)19/h5,7,9,13-14,16,18,25-27H,3-4,6,8,10H2,1-2H3/t13-,14-,16+,19-,20-,21-/m0/s1. The van der Waals surface area contributed by atoms with Crippen LogP contribution in [0.1, 0.15) is 46.0 Å². The average molecular weight is 374 g/mol. The number of fused-ring (bicyclic) bond motifs is 5. The molecular formula is C21H26O6. The molecule has 4 rings (SSSR count). The molecule has 6 heteroatoms. The Balaban J connectivity index is 1.75. The zero-order chi connectivity index (χ0) is 19.8. The van der Waals surface area contributed by atoms with Crippen LogP contribution < -0.4 is 0 Å². The number of aliphatic hydroxyl groups excluding tert-OH is 1. The Bertz CT molecular complexity index is 794. The van der Waals surface area contributed by atoms with Gasteiger partial charge in [0, 0.05) is 23.2 Å². The third-order valence-corrected chi connectivity index (χ3v) is 8.05. The number of allylic oxidation sites excluding steroid dienone is 4. The molecule has 146 valence electrons. The summed E-state index contributed by atoms with van der Waals surface area (Å²) in [5, 5.41) is 29.9. The second-order valence-electron chi connectivity index (χ2n) is 9.17. The molecule has 4 aliphatic rings. The average Bonchev–Trinajstić information content (AvgIpc) is 2.86. The summed E-state index contributed by atoms with van der Waals surface area (Å²) in [6.45, 7) is 3.75. The topological polar surface area (TPSA) is 112 Å². The van der Waals surface area contributed by atoms with Gasteiger partial charge in [0.25, 0.3) is 0 Å². The van der Waals surface area contributed by atoms with Crippen LogP contribution in [0.25, 0.3) is 0 Å². The lowest BCUT2D eigenvalue weighted by atomic mass is 9.46. The number of carbonyl (C=O) groups excluding carboxylic acids is 3. The first kappa shape index (κ1) is 18.7. The molecule has 27 heavy (non-hydrogen) atoms. The highest BCUT2D eigenvalue weighted by atomic mass is 16.5. The zero-order valence-electron chi connectivity index (χ0n) is 15.6. The van der Waals surface area contributed by atoms with Gasteiger partial charge in [0.15, 0.2) is 5.78 Å². The molecule has 0 unspecified atom stereocenters. The Hall–Kier alpha value is -1.63. The van der Waals surface area contributed by atoms with Crippen molar-refractivity contribution in [2.45, 2.75) is 57.8 Å². The fourth-order valence-corrected chi connectivity index (χ4v) is 6.65. The van der Waals surface area contributed by atoms with Crippen molar-refractivity contribution in [3.8, 4) is 0 Å². The van der Waals surface area contributed by atoms with Gasteiger partial charge in [-0.1, -0.05) is 25.5 Å². The molecule has 0 radical (unpaired) electrons. The smallest absolute Gasteiger partial charge is 0.220 e. The normalized spacial score (nSPS) is 46.0. The van der Waals surface area contributed by atoms with Crippen LogP contribution in [0.2, 0.25) is 0 Å². The third-order valence-electron chi connectivity index (χ3n) is 8.05. The van der Waals surface area contributed by atoms with Crippen molar-refractivity contribution < 1.29 is 29.7 Å². The van der Waals surface area contributed by atoms with E-state index in [-0.39, 0.29) is 42.2 Å². The van der Waals surface area contributed by atoms with Gasteiger partial charge in [-0.15, -0.1) is 0 Å². The number of ketones is 3. The van der Waals surface area contributed by atoms with E-state index in [9.17, 15) is 29.7 Å². The van der Waals surface area contributed by atoms with Crippen molar-refractivity contribution in [1.82, 2.24) is 0 Å². The molecule has 0 aromatic carbocycles. The molecule has 3 N–H and O–H groups in total. The van der Waals surface area contributed by atoms with Crippen LogP contribution in [0.15, 0.2) is 23.8 Å². The van der Waals surface area contributed by atoms with Gasteiger partial charge in [-0.25, -0.2) is 0 Å². The van der Waals surface area contributed by atoms with Crippen molar-refractivity contribution in [3.63, 3.8) is 0 Å². The summed E-state index contributed by atoms with van der Waals surface area (Å²) in [5.41, 5.74) is -2.42. The molecule has 0 bridgehead atoms. The predicted molar refractivity (Wildman–Crippen MR) is 95.2 cm³/mol. The quantitative estimate of drug-likeness (QED) is 0.624. The van der Waals surface area contributed by atoms with Gasteiger partial charge in [0.05, 0.1) is 0 Å². The van der Waals surface area contributed by atoms with E-state index in [1.54, 1.807) is 13.0 Å². The Labute approximate surface area is 158 Å². The number of hydrogen-bond acceptors (Lipinski definition) is 6. The highest BCUT2D eigenvalue weighted by molar-refractivity contribution is 6.02. The highest BCUT2D eigenvalue weighted by Gasteiger charge is 2.68. The fourth-order valence-electron chi connectivity index (χ4n) is 6.65. The third kappa shape index (κ3) is 2.27. The molecular weight excluding hydrogens is 348 g/mol. The van der Waals surface area contributed by atoms with Gasteiger partial charge in [-0.05, 0) is 49.7 Å². The summed E-state index contributed by atoms with van der Waals surface area (Å²) in [5.74, 6) is -1.43. The van der Waals surface area contributed by atoms with Gasteiger partial charge >= 0.3 is 0 Å². The Morgan fingerprint density at radius 3 is 2.59 bits per heavy atom. The van der Waals surface area contributed by atoms with Gasteiger partial charge < -0.3 is 15.3 Å². The molecule has 0 aromatic heterocycles. The molecule has 0 aliphatic heterocycles. The summed E-state index contributed by atoms with van der Waals surface area (Å²) >= 11 is 0. The lowest BCUT2D eigenvalue weighted by Crippen LogP contribution is -2.61. The SMILES string of the molecule is C[C@]12C=CC(=O)C=C1CC[C@@H]1[C@@H]2C(=O)C[C@@]2(C)[C@H]1CC[C@]2(O)C(=O)C(O)O. The van der Waals surface area contributed by atoms with Crippen LogP contribution >= 0.6 is 0 Å². The van der Waals surface area contributed by atoms with E-state index in [1.165, 1.54) is 6.08 Å².